The molecule has 0 aromatic heterocycles. The Kier molecular flexibility index (Phi) is 8.95. The van der Waals surface area contributed by atoms with Gasteiger partial charge in [-0.2, -0.15) is 0 Å². The van der Waals surface area contributed by atoms with Crippen molar-refractivity contribution in [2.45, 2.75) is 18.9 Å². The van der Waals surface area contributed by atoms with Gasteiger partial charge in [0.2, 0.25) is 0 Å². The Hall–Kier alpha value is -4.64. The molecule has 0 aliphatic heterocycles. The molecule has 198 valence electrons. The van der Waals surface area contributed by atoms with Crippen molar-refractivity contribution in [3.63, 3.8) is 0 Å². The average molecular weight is 519 g/mol. The number of rotatable bonds is 10. The lowest BCUT2D eigenvalue weighted by Crippen LogP contribution is -2.47. The van der Waals surface area contributed by atoms with Crippen LogP contribution in [0.15, 0.2) is 116 Å². The summed E-state index contributed by atoms with van der Waals surface area (Å²) in [6.07, 6.45) is 0.879. The van der Waals surface area contributed by atoms with Crippen LogP contribution in [0, 0.1) is 5.92 Å². The van der Waals surface area contributed by atoms with E-state index in [1.165, 1.54) is 7.11 Å². The lowest BCUT2D eigenvalue weighted by atomic mass is 9.86. The molecule has 0 saturated carbocycles. The monoisotopic (exact) mass is 518 g/mol. The smallest absolute Gasteiger partial charge is 0.311 e. The van der Waals surface area contributed by atoms with Crippen molar-refractivity contribution in [1.82, 2.24) is 4.90 Å². The van der Waals surface area contributed by atoms with Crippen molar-refractivity contribution in [2.75, 3.05) is 14.2 Å². The van der Waals surface area contributed by atoms with Crippen LogP contribution in [0.2, 0.25) is 0 Å². The van der Waals surface area contributed by atoms with Gasteiger partial charge in [0.15, 0.2) is 0 Å². The van der Waals surface area contributed by atoms with Gasteiger partial charge in [-0.25, -0.2) is 0 Å². The van der Waals surface area contributed by atoms with E-state index in [-0.39, 0.29) is 11.9 Å². The molecule has 0 bridgehead atoms. The van der Waals surface area contributed by atoms with Crippen molar-refractivity contribution in [1.29, 1.82) is 0 Å². The third-order valence-corrected chi connectivity index (χ3v) is 7.07. The van der Waals surface area contributed by atoms with E-state index in [1.807, 2.05) is 109 Å². The number of esters is 1. The normalized spacial score (nSPS) is 12.3. The average Bonchev–Trinajstić information content (AvgIpc) is 2.99. The Bertz CT molecular complexity index is 1420. The topological polar surface area (TPSA) is 72.6 Å². The Balaban J connectivity index is 1.67. The second-order valence-corrected chi connectivity index (χ2v) is 9.68. The zero-order chi connectivity index (χ0) is 27.8. The van der Waals surface area contributed by atoms with Crippen LogP contribution in [-0.4, -0.2) is 37.0 Å². The summed E-state index contributed by atoms with van der Waals surface area (Å²) in [5, 5.41) is 0. The maximum Gasteiger partial charge on any atom is 0.311 e. The summed E-state index contributed by atoms with van der Waals surface area (Å²) in [4.78, 5) is 28.7. The quantitative estimate of drug-likeness (QED) is 0.262. The molecule has 1 amide bonds. The molecule has 0 fully saturated rings. The molecule has 5 nitrogen and oxygen atoms in total. The molecule has 4 rings (SSSR count). The predicted molar refractivity (Wildman–Crippen MR) is 157 cm³/mol. The van der Waals surface area contributed by atoms with E-state index in [0.717, 1.165) is 27.8 Å². The Morgan fingerprint density at radius 2 is 1.36 bits per heavy atom. The van der Waals surface area contributed by atoms with Gasteiger partial charge in [-0.05, 0) is 58.9 Å². The molecule has 39 heavy (non-hydrogen) atoms. The van der Waals surface area contributed by atoms with E-state index in [9.17, 15) is 9.59 Å². The number of nitrogens with two attached hydrogens (primary N) is 1. The molecule has 0 heterocycles. The minimum Gasteiger partial charge on any atom is -0.469 e. The molecule has 4 aromatic carbocycles. The SMILES string of the molecule is C=C(N)c1cccc(CC(C(=O)OC)C(Cc2ccccc2)N(C)C(=O)c2ccc(-c3ccccc3)cc2)c1. The number of carbonyl (C=O) groups excluding carboxylic acids is 2. The summed E-state index contributed by atoms with van der Waals surface area (Å²) >= 11 is 0. The van der Waals surface area contributed by atoms with Crippen LogP contribution in [0.25, 0.3) is 16.8 Å². The van der Waals surface area contributed by atoms with Gasteiger partial charge in [0.05, 0.1) is 13.0 Å². The lowest BCUT2D eigenvalue weighted by Gasteiger charge is -2.34. The van der Waals surface area contributed by atoms with E-state index < -0.39 is 12.0 Å². The highest BCUT2D eigenvalue weighted by atomic mass is 16.5. The summed E-state index contributed by atoms with van der Waals surface area (Å²) in [5.74, 6) is -1.13. The Labute approximate surface area is 230 Å². The van der Waals surface area contributed by atoms with Crippen LogP contribution in [0.4, 0.5) is 0 Å². The van der Waals surface area contributed by atoms with Crippen LogP contribution < -0.4 is 5.73 Å². The Morgan fingerprint density at radius 1 is 0.769 bits per heavy atom. The zero-order valence-corrected chi connectivity index (χ0v) is 22.4. The molecule has 0 spiro atoms. The summed E-state index contributed by atoms with van der Waals surface area (Å²) in [7, 11) is 3.15. The largest absolute Gasteiger partial charge is 0.469 e. The number of carbonyl (C=O) groups is 2. The number of benzene rings is 4. The fourth-order valence-corrected chi connectivity index (χ4v) is 4.87. The summed E-state index contributed by atoms with van der Waals surface area (Å²) in [6, 6.07) is 34.7. The van der Waals surface area contributed by atoms with E-state index in [0.29, 0.717) is 24.1 Å². The third kappa shape index (κ3) is 6.82. The van der Waals surface area contributed by atoms with Gasteiger partial charge in [-0.3, -0.25) is 9.59 Å². The molecule has 2 atom stereocenters. The highest BCUT2D eigenvalue weighted by Crippen LogP contribution is 2.26. The maximum atomic E-state index is 13.8. The fourth-order valence-electron chi connectivity index (χ4n) is 4.87. The molecular formula is C34H34N2O3. The molecule has 2 N–H and O–H groups in total. The van der Waals surface area contributed by atoms with Gasteiger partial charge in [-0.1, -0.05) is 97.6 Å². The Morgan fingerprint density at radius 3 is 1.97 bits per heavy atom. The molecule has 2 unspecified atom stereocenters. The van der Waals surface area contributed by atoms with Crippen LogP contribution in [0.1, 0.15) is 27.0 Å². The lowest BCUT2D eigenvalue weighted by molar-refractivity contribution is -0.147. The summed E-state index contributed by atoms with van der Waals surface area (Å²) in [5.41, 5.74) is 11.8. The first-order chi connectivity index (χ1) is 18.9. The highest BCUT2D eigenvalue weighted by molar-refractivity contribution is 5.95. The number of amides is 1. The number of hydrogen-bond donors (Lipinski definition) is 1. The molecule has 0 aliphatic rings. The number of ether oxygens (including phenoxy) is 1. The predicted octanol–water partition coefficient (Wildman–Crippen LogP) is 6.00. The minimum atomic E-state index is -0.603. The second-order valence-electron chi connectivity index (χ2n) is 9.68. The number of nitrogens with zero attached hydrogens (tertiary/aromatic N) is 1. The van der Waals surface area contributed by atoms with Crippen molar-refractivity contribution >= 4 is 17.6 Å². The number of methoxy groups -OCH3 is 1. The first kappa shape index (κ1) is 27.4. The van der Waals surface area contributed by atoms with Crippen molar-refractivity contribution in [2.24, 2.45) is 11.7 Å². The van der Waals surface area contributed by atoms with Gasteiger partial charge in [-0.15, -0.1) is 0 Å². The fraction of sp³-hybridized carbons (Fsp3) is 0.176. The number of likely N-dealkylation sites (N-methyl/N-ethyl adjacent to an activating group) is 1. The third-order valence-electron chi connectivity index (χ3n) is 7.07. The van der Waals surface area contributed by atoms with E-state index in [1.54, 1.807) is 11.9 Å². The molecule has 0 aliphatic carbocycles. The number of hydrogen-bond acceptors (Lipinski definition) is 4. The molecule has 0 radical (unpaired) electrons. The standard InChI is InChI=1S/C34H34N2O3/c1-24(35)30-16-10-13-26(21-30)22-31(34(38)39-3)32(23-25-11-6-4-7-12-25)36(2)33(37)29-19-17-28(18-20-29)27-14-8-5-9-15-27/h4-21,31-32H,1,22-23,35H2,2-3H3. The minimum absolute atomic E-state index is 0.159. The van der Waals surface area contributed by atoms with Gasteiger partial charge in [0.25, 0.3) is 5.91 Å². The van der Waals surface area contributed by atoms with Gasteiger partial charge in [0, 0.05) is 24.4 Å². The van der Waals surface area contributed by atoms with Crippen molar-refractivity contribution < 1.29 is 14.3 Å². The van der Waals surface area contributed by atoms with Gasteiger partial charge >= 0.3 is 5.97 Å². The van der Waals surface area contributed by atoms with Crippen molar-refractivity contribution in [3.8, 4) is 11.1 Å². The first-order valence-corrected chi connectivity index (χ1v) is 13.0. The molecule has 5 heteroatoms. The summed E-state index contributed by atoms with van der Waals surface area (Å²) in [6.45, 7) is 3.83. The van der Waals surface area contributed by atoms with Gasteiger partial charge in [0.1, 0.15) is 0 Å². The van der Waals surface area contributed by atoms with Gasteiger partial charge < -0.3 is 15.4 Å². The zero-order valence-electron chi connectivity index (χ0n) is 22.4. The molecular weight excluding hydrogens is 484 g/mol. The van der Waals surface area contributed by atoms with Crippen molar-refractivity contribution in [3.05, 3.63) is 138 Å². The summed E-state index contributed by atoms with van der Waals surface area (Å²) < 4.78 is 5.26. The maximum absolute atomic E-state index is 13.8. The van der Waals surface area contributed by atoms with E-state index in [2.05, 4.69) is 6.58 Å². The van der Waals surface area contributed by atoms with Crippen LogP contribution in [0.5, 0.6) is 0 Å². The van der Waals surface area contributed by atoms with Crippen LogP contribution in [0.3, 0.4) is 0 Å². The molecule has 0 saturated heterocycles. The first-order valence-electron chi connectivity index (χ1n) is 13.0. The van der Waals surface area contributed by atoms with Crippen LogP contribution in [-0.2, 0) is 22.4 Å². The molecule has 4 aromatic rings. The second kappa shape index (κ2) is 12.7. The van der Waals surface area contributed by atoms with E-state index in [4.69, 9.17) is 10.5 Å². The van der Waals surface area contributed by atoms with Crippen LogP contribution >= 0.6 is 0 Å². The highest BCUT2D eigenvalue weighted by Gasteiger charge is 2.35. The van der Waals surface area contributed by atoms with E-state index >= 15 is 0 Å².